The van der Waals surface area contributed by atoms with E-state index < -0.39 is 0 Å². The third-order valence-corrected chi connectivity index (χ3v) is 4.32. The van der Waals surface area contributed by atoms with E-state index in [9.17, 15) is 14.4 Å². The Balaban J connectivity index is 1.40. The molecule has 0 radical (unpaired) electrons. The lowest BCUT2D eigenvalue weighted by atomic mass is 10.1. The zero-order valence-corrected chi connectivity index (χ0v) is 14.8. The van der Waals surface area contributed by atoms with Crippen LogP contribution in [0.4, 0.5) is 4.79 Å². The zero-order chi connectivity index (χ0) is 18.5. The second-order valence-electron chi connectivity index (χ2n) is 5.87. The summed E-state index contributed by atoms with van der Waals surface area (Å²) >= 11 is 5.91. The van der Waals surface area contributed by atoms with Crippen LogP contribution in [0.15, 0.2) is 48.5 Å². The fourth-order valence-corrected chi connectivity index (χ4v) is 3.01. The molecule has 0 spiro atoms. The van der Waals surface area contributed by atoms with E-state index in [1.807, 2.05) is 18.2 Å². The van der Waals surface area contributed by atoms with Crippen molar-refractivity contribution in [1.82, 2.24) is 15.5 Å². The number of nitrogens with one attached hydrogen (secondary N) is 2. The first-order chi connectivity index (χ1) is 12.6. The molecular weight excluding hydrogens is 354 g/mol. The van der Waals surface area contributed by atoms with Gasteiger partial charge in [0.2, 0.25) is 0 Å². The highest BCUT2D eigenvalue weighted by Crippen LogP contribution is 2.21. The molecule has 2 aromatic carbocycles. The minimum Gasteiger partial charge on any atom is -0.338 e. The second kappa shape index (κ2) is 8.01. The van der Waals surface area contributed by atoms with Crippen molar-refractivity contribution >= 4 is 29.4 Å². The summed E-state index contributed by atoms with van der Waals surface area (Å²) in [5.41, 5.74) is 1.84. The van der Waals surface area contributed by atoms with Crippen molar-refractivity contribution in [2.75, 3.05) is 19.6 Å². The number of nitrogens with zero attached hydrogens (tertiary/aromatic N) is 1. The van der Waals surface area contributed by atoms with Gasteiger partial charge in [-0.3, -0.25) is 14.5 Å². The van der Waals surface area contributed by atoms with Crippen LogP contribution in [-0.4, -0.2) is 42.4 Å². The highest BCUT2D eigenvalue weighted by molar-refractivity contribution is 6.30. The number of carbonyl (C=O) groups is 3. The lowest BCUT2D eigenvalue weighted by Crippen LogP contribution is -2.42. The Morgan fingerprint density at radius 2 is 1.58 bits per heavy atom. The fourth-order valence-electron chi connectivity index (χ4n) is 2.80. The number of hydrogen-bond acceptors (Lipinski definition) is 3. The Kier molecular flexibility index (Phi) is 5.53. The van der Waals surface area contributed by atoms with Crippen LogP contribution < -0.4 is 10.6 Å². The van der Waals surface area contributed by atoms with Gasteiger partial charge in [-0.1, -0.05) is 35.9 Å². The summed E-state index contributed by atoms with van der Waals surface area (Å²) < 4.78 is 0. The number of fused-ring (bicyclic) bond motifs is 1. The Morgan fingerprint density at radius 1 is 0.923 bits per heavy atom. The van der Waals surface area contributed by atoms with E-state index in [4.69, 9.17) is 11.6 Å². The van der Waals surface area contributed by atoms with Crippen molar-refractivity contribution in [2.45, 2.75) is 6.42 Å². The van der Waals surface area contributed by atoms with Crippen LogP contribution in [0.1, 0.15) is 26.3 Å². The van der Waals surface area contributed by atoms with Crippen molar-refractivity contribution in [3.8, 4) is 0 Å². The Labute approximate surface area is 156 Å². The molecule has 4 amide bonds. The Hall–Kier alpha value is -2.86. The summed E-state index contributed by atoms with van der Waals surface area (Å²) in [6, 6.07) is 13.8. The number of imide groups is 1. The third-order valence-electron chi connectivity index (χ3n) is 4.09. The smallest absolute Gasteiger partial charge is 0.314 e. The number of urea groups is 1. The third kappa shape index (κ3) is 4.03. The molecule has 0 unspecified atom stereocenters. The van der Waals surface area contributed by atoms with Gasteiger partial charge >= 0.3 is 6.03 Å². The van der Waals surface area contributed by atoms with E-state index >= 15 is 0 Å². The first kappa shape index (κ1) is 17.9. The summed E-state index contributed by atoms with van der Waals surface area (Å²) in [5, 5.41) is 6.05. The first-order valence-electron chi connectivity index (χ1n) is 8.27. The molecule has 0 aliphatic carbocycles. The molecule has 7 heteroatoms. The summed E-state index contributed by atoms with van der Waals surface area (Å²) in [7, 11) is 0. The van der Waals surface area contributed by atoms with E-state index in [0.717, 1.165) is 10.5 Å². The highest BCUT2D eigenvalue weighted by Gasteiger charge is 2.34. The van der Waals surface area contributed by atoms with Gasteiger partial charge in [0.25, 0.3) is 11.8 Å². The highest BCUT2D eigenvalue weighted by atomic mass is 35.5. The maximum absolute atomic E-state index is 12.2. The minimum atomic E-state index is -0.344. The van der Waals surface area contributed by atoms with Crippen LogP contribution >= 0.6 is 11.6 Å². The van der Waals surface area contributed by atoms with E-state index in [1.165, 1.54) is 0 Å². The molecule has 0 aromatic heterocycles. The molecule has 0 bridgehead atoms. The molecule has 1 heterocycles. The standard InChI is InChI=1S/C19H18ClN3O3/c20-14-5-3-4-13(12-14)8-9-21-19(26)22-10-11-23-17(24)15-6-1-2-7-16(15)18(23)25/h1-7,12H,8-11H2,(H2,21,22,26). The van der Waals surface area contributed by atoms with Crippen molar-refractivity contribution in [1.29, 1.82) is 0 Å². The molecule has 1 aliphatic heterocycles. The second-order valence-corrected chi connectivity index (χ2v) is 6.31. The summed E-state index contributed by atoms with van der Waals surface area (Å²) in [6.07, 6.45) is 0.659. The zero-order valence-electron chi connectivity index (χ0n) is 14.0. The quantitative estimate of drug-likeness (QED) is 0.766. The number of carbonyl (C=O) groups excluding carboxylic acids is 3. The molecule has 2 aromatic rings. The van der Waals surface area contributed by atoms with Crippen molar-refractivity contribution in [2.24, 2.45) is 0 Å². The van der Waals surface area contributed by atoms with Gasteiger partial charge in [0.1, 0.15) is 0 Å². The largest absolute Gasteiger partial charge is 0.338 e. The fraction of sp³-hybridized carbons (Fsp3) is 0.211. The molecule has 134 valence electrons. The van der Waals surface area contributed by atoms with Crippen molar-refractivity contribution in [3.05, 3.63) is 70.2 Å². The molecule has 26 heavy (non-hydrogen) atoms. The number of benzene rings is 2. The molecule has 1 aliphatic rings. The van der Waals surface area contributed by atoms with Crippen LogP contribution in [0, 0.1) is 0 Å². The van der Waals surface area contributed by atoms with E-state index in [-0.39, 0.29) is 30.9 Å². The van der Waals surface area contributed by atoms with E-state index in [0.29, 0.717) is 29.1 Å². The van der Waals surface area contributed by atoms with Crippen molar-refractivity contribution < 1.29 is 14.4 Å². The van der Waals surface area contributed by atoms with E-state index in [1.54, 1.807) is 30.3 Å². The average molecular weight is 372 g/mol. The molecule has 6 nitrogen and oxygen atoms in total. The van der Waals surface area contributed by atoms with Crippen molar-refractivity contribution in [3.63, 3.8) is 0 Å². The molecule has 3 rings (SSSR count). The van der Waals surface area contributed by atoms with Crippen LogP contribution in [0.2, 0.25) is 5.02 Å². The molecule has 0 saturated heterocycles. The molecular formula is C19H18ClN3O3. The van der Waals surface area contributed by atoms with Gasteiger partial charge in [0.15, 0.2) is 0 Å². The van der Waals surface area contributed by atoms with Gasteiger partial charge in [-0.15, -0.1) is 0 Å². The van der Waals surface area contributed by atoms with Gasteiger partial charge in [-0.25, -0.2) is 4.79 Å². The predicted octanol–water partition coefficient (Wildman–Crippen LogP) is 2.48. The van der Waals surface area contributed by atoms with Crippen LogP contribution in [0.5, 0.6) is 0 Å². The van der Waals surface area contributed by atoms with Gasteiger partial charge in [0, 0.05) is 24.7 Å². The lowest BCUT2D eigenvalue weighted by Gasteiger charge is -2.14. The topological polar surface area (TPSA) is 78.5 Å². The monoisotopic (exact) mass is 371 g/mol. The first-order valence-corrected chi connectivity index (χ1v) is 8.65. The maximum Gasteiger partial charge on any atom is 0.314 e. The van der Waals surface area contributed by atoms with Crippen LogP contribution in [0.3, 0.4) is 0 Å². The summed E-state index contributed by atoms with van der Waals surface area (Å²) in [4.78, 5) is 37.4. The molecule has 2 N–H and O–H groups in total. The van der Waals surface area contributed by atoms with Gasteiger partial charge in [-0.05, 0) is 36.2 Å². The van der Waals surface area contributed by atoms with E-state index in [2.05, 4.69) is 10.6 Å². The minimum absolute atomic E-state index is 0.133. The Morgan fingerprint density at radius 3 is 2.23 bits per heavy atom. The normalized spacial score (nSPS) is 12.9. The van der Waals surface area contributed by atoms with Gasteiger partial charge in [0.05, 0.1) is 11.1 Å². The lowest BCUT2D eigenvalue weighted by molar-refractivity contribution is 0.0656. The van der Waals surface area contributed by atoms with Crippen LogP contribution in [-0.2, 0) is 6.42 Å². The SMILES string of the molecule is O=C(NCCc1cccc(Cl)c1)NCCN1C(=O)c2ccccc2C1=O. The van der Waals surface area contributed by atoms with Gasteiger partial charge < -0.3 is 10.6 Å². The van der Waals surface area contributed by atoms with Crippen LogP contribution in [0.25, 0.3) is 0 Å². The molecule has 0 saturated carbocycles. The predicted molar refractivity (Wildman–Crippen MR) is 98.4 cm³/mol. The number of amides is 4. The number of rotatable bonds is 6. The Bertz CT molecular complexity index is 818. The number of hydrogen-bond donors (Lipinski definition) is 2. The maximum atomic E-state index is 12.2. The summed E-state index contributed by atoms with van der Waals surface area (Å²) in [6.45, 7) is 0.779. The summed E-state index contributed by atoms with van der Waals surface area (Å²) in [5.74, 6) is -0.650. The van der Waals surface area contributed by atoms with Gasteiger partial charge in [-0.2, -0.15) is 0 Å². The molecule has 0 atom stereocenters. The molecule has 0 fully saturated rings. The average Bonchev–Trinajstić information content (AvgIpc) is 2.87. The number of halogens is 1.